The maximum atomic E-state index is 6.71. The van der Waals surface area contributed by atoms with Gasteiger partial charge in [0.25, 0.3) is 0 Å². The summed E-state index contributed by atoms with van der Waals surface area (Å²) < 4.78 is 6.71. The third kappa shape index (κ3) is 5.11. The van der Waals surface area contributed by atoms with Crippen LogP contribution in [0.1, 0.15) is 22.3 Å². The topological polar surface area (TPSA) is 16.4 Å². The minimum absolute atomic E-state index is 0.776. The van der Waals surface area contributed by atoms with Crippen LogP contribution >= 0.6 is 0 Å². The van der Waals surface area contributed by atoms with E-state index in [0.29, 0.717) is 0 Å². The standard InChI is InChI=1S/C50H35NO/c1-3-14-34(15-4-1)35-26-29-41(30-27-35)51(40-19-5-2-6-20-40)46-24-13-18-38-32-37-17-8-10-22-43(37)49-39(33-36-16-7-9-21-42(36)48(38)46)28-31-45-44-23-11-12-25-47(44)52-50(45)49/h1-31H,32-33H2. The van der Waals surface area contributed by atoms with Crippen LogP contribution in [0.25, 0.3) is 55.3 Å². The van der Waals surface area contributed by atoms with Gasteiger partial charge in [0.1, 0.15) is 11.2 Å². The molecule has 0 radical (unpaired) electrons. The molecule has 9 aromatic rings. The molecule has 0 atom stereocenters. The summed E-state index contributed by atoms with van der Waals surface area (Å²) in [6.45, 7) is 0. The summed E-state index contributed by atoms with van der Waals surface area (Å²) in [5, 5.41) is 2.32. The molecule has 0 N–H and O–H groups in total. The van der Waals surface area contributed by atoms with E-state index >= 15 is 0 Å². The second-order valence-corrected chi connectivity index (χ2v) is 13.6. The molecule has 52 heavy (non-hydrogen) atoms. The molecular weight excluding hydrogens is 631 g/mol. The summed E-state index contributed by atoms with van der Waals surface area (Å²) in [6, 6.07) is 68.0. The van der Waals surface area contributed by atoms with Gasteiger partial charge in [0.05, 0.1) is 5.69 Å². The number of para-hydroxylation sites is 2. The zero-order valence-electron chi connectivity index (χ0n) is 28.7. The van der Waals surface area contributed by atoms with Gasteiger partial charge >= 0.3 is 0 Å². The Bertz CT molecular complexity index is 2720. The van der Waals surface area contributed by atoms with Crippen LogP contribution in [0.2, 0.25) is 0 Å². The van der Waals surface area contributed by atoms with Crippen LogP contribution in [0, 0.1) is 0 Å². The summed E-state index contributed by atoms with van der Waals surface area (Å²) in [6.07, 6.45) is 1.55. The highest BCUT2D eigenvalue weighted by atomic mass is 16.3. The first-order valence-electron chi connectivity index (χ1n) is 18.0. The predicted molar refractivity (Wildman–Crippen MR) is 217 cm³/mol. The molecule has 0 saturated carbocycles. The lowest BCUT2D eigenvalue weighted by molar-refractivity contribution is 0.669. The number of furan rings is 1. The SMILES string of the molecule is c1ccc(-c2ccc(N(c3ccccc3)c3cccc4c3-c3ccccc3Cc3ccc5c(oc6ccccc65)c3-c3ccccc3C4)cc2)cc1. The molecule has 0 unspecified atom stereocenters. The van der Waals surface area contributed by atoms with Crippen LogP contribution in [0.5, 0.6) is 0 Å². The Morgan fingerprint density at radius 1 is 0.365 bits per heavy atom. The van der Waals surface area contributed by atoms with Crippen molar-refractivity contribution < 1.29 is 4.42 Å². The second kappa shape index (κ2) is 12.6. The third-order valence-electron chi connectivity index (χ3n) is 10.6. The Balaban J connectivity index is 1.21. The van der Waals surface area contributed by atoms with E-state index in [2.05, 4.69) is 193 Å². The molecule has 1 heterocycles. The number of hydrogen-bond donors (Lipinski definition) is 0. The van der Waals surface area contributed by atoms with Gasteiger partial charge in [-0.3, -0.25) is 0 Å². The van der Waals surface area contributed by atoms with Gasteiger partial charge in [-0.2, -0.15) is 0 Å². The van der Waals surface area contributed by atoms with Crippen molar-refractivity contribution >= 4 is 39.0 Å². The van der Waals surface area contributed by atoms with E-state index < -0.39 is 0 Å². The average molecular weight is 666 g/mol. The minimum Gasteiger partial charge on any atom is -0.455 e. The Kier molecular flexibility index (Phi) is 7.32. The average Bonchev–Trinajstić information content (AvgIpc) is 3.59. The molecule has 0 fully saturated rings. The van der Waals surface area contributed by atoms with Crippen molar-refractivity contribution in [1.29, 1.82) is 0 Å². The van der Waals surface area contributed by atoms with Gasteiger partial charge in [0, 0.05) is 33.3 Å². The highest BCUT2D eigenvalue weighted by Gasteiger charge is 2.25. The quantitative estimate of drug-likeness (QED) is 0.186. The highest BCUT2D eigenvalue weighted by molar-refractivity contribution is 6.10. The van der Waals surface area contributed by atoms with Gasteiger partial charge in [0.2, 0.25) is 0 Å². The van der Waals surface area contributed by atoms with Crippen molar-refractivity contribution in [3.63, 3.8) is 0 Å². The maximum absolute atomic E-state index is 6.71. The van der Waals surface area contributed by atoms with Gasteiger partial charge in [0.15, 0.2) is 0 Å². The summed E-state index contributed by atoms with van der Waals surface area (Å²) in [5.41, 5.74) is 17.8. The lowest BCUT2D eigenvalue weighted by Crippen LogP contribution is -2.13. The van der Waals surface area contributed by atoms with Gasteiger partial charge in [-0.1, -0.05) is 152 Å². The van der Waals surface area contributed by atoms with Gasteiger partial charge < -0.3 is 9.32 Å². The number of anilines is 3. The fourth-order valence-corrected chi connectivity index (χ4v) is 8.19. The molecule has 1 aliphatic rings. The van der Waals surface area contributed by atoms with Crippen molar-refractivity contribution in [3.05, 3.63) is 210 Å². The number of benzene rings is 8. The smallest absolute Gasteiger partial charge is 0.143 e. The highest BCUT2D eigenvalue weighted by Crippen LogP contribution is 2.47. The minimum atomic E-state index is 0.776. The molecule has 0 aliphatic heterocycles. The lowest BCUT2D eigenvalue weighted by atomic mass is 9.82. The van der Waals surface area contributed by atoms with Crippen LogP contribution in [-0.4, -0.2) is 0 Å². The van der Waals surface area contributed by atoms with E-state index in [1.165, 1.54) is 55.6 Å². The van der Waals surface area contributed by atoms with Gasteiger partial charge in [-0.15, -0.1) is 0 Å². The molecule has 246 valence electrons. The summed E-state index contributed by atoms with van der Waals surface area (Å²) in [5.74, 6) is 0. The Hall–Kier alpha value is -6.64. The Morgan fingerprint density at radius 2 is 0.923 bits per heavy atom. The van der Waals surface area contributed by atoms with Gasteiger partial charge in [-0.05, 0) is 93.7 Å². The molecule has 0 bridgehead atoms. The molecular formula is C50H35NO. The molecule has 8 aromatic carbocycles. The molecule has 2 heteroatoms. The normalized spacial score (nSPS) is 12.1. The van der Waals surface area contributed by atoms with E-state index in [1.54, 1.807) is 0 Å². The molecule has 1 aliphatic carbocycles. The lowest BCUT2D eigenvalue weighted by Gasteiger charge is -2.30. The van der Waals surface area contributed by atoms with Crippen molar-refractivity contribution in [3.8, 4) is 33.4 Å². The molecule has 10 rings (SSSR count). The van der Waals surface area contributed by atoms with E-state index in [-0.39, 0.29) is 0 Å². The zero-order valence-corrected chi connectivity index (χ0v) is 28.7. The van der Waals surface area contributed by atoms with Crippen LogP contribution in [-0.2, 0) is 12.8 Å². The van der Waals surface area contributed by atoms with E-state index in [0.717, 1.165) is 51.8 Å². The van der Waals surface area contributed by atoms with Crippen LogP contribution < -0.4 is 4.90 Å². The summed E-state index contributed by atoms with van der Waals surface area (Å²) in [7, 11) is 0. The monoisotopic (exact) mass is 665 g/mol. The fourth-order valence-electron chi connectivity index (χ4n) is 8.19. The molecule has 0 saturated heterocycles. The van der Waals surface area contributed by atoms with E-state index in [9.17, 15) is 0 Å². The number of rotatable bonds is 4. The van der Waals surface area contributed by atoms with Crippen molar-refractivity contribution in [1.82, 2.24) is 0 Å². The Morgan fingerprint density at radius 3 is 1.67 bits per heavy atom. The first-order chi connectivity index (χ1) is 25.8. The summed E-state index contributed by atoms with van der Waals surface area (Å²) in [4.78, 5) is 2.42. The van der Waals surface area contributed by atoms with Crippen LogP contribution in [0.4, 0.5) is 17.1 Å². The number of fused-ring (bicyclic) bond motifs is 10. The van der Waals surface area contributed by atoms with Crippen molar-refractivity contribution in [2.75, 3.05) is 4.90 Å². The fraction of sp³-hybridized carbons (Fsp3) is 0.0400. The first-order valence-corrected chi connectivity index (χ1v) is 18.0. The first kappa shape index (κ1) is 30.2. The Labute approximate surface area is 303 Å². The molecule has 0 spiro atoms. The predicted octanol–water partition coefficient (Wildman–Crippen LogP) is 13.6. The molecule has 1 aromatic heterocycles. The van der Waals surface area contributed by atoms with E-state index in [1.807, 2.05) is 0 Å². The van der Waals surface area contributed by atoms with Crippen molar-refractivity contribution in [2.24, 2.45) is 0 Å². The maximum Gasteiger partial charge on any atom is 0.143 e. The summed E-state index contributed by atoms with van der Waals surface area (Å²) >= 11 is 0. The third-order valence-corrected chi connectivity index (χ3v) is 10.6. The number of hydrogen-bond acceptors (Lipinski definition) is 2. The van der Waals surface area contributed by atoms with Crippen LogP contribution in [0.3, 0.4) is 0 Å². The molecule has 2 nitrogen and oxygen atoms in total. The largest absolute Gasteiger partial charge is 0.455 e. The van der Waals surface area contributed by atoms with Crippen molar-refractivity contribution in [2.45, 2.75) is 12.8 Å². The molecule has 0 amide bonds. The zero-order chi connectivity index (χ0) is 34.4. The van der Waals surface area contributed by atoms with Gasteiger partial charge in [-0.25, -0.2) is 0 Å². The van der Waals surface area contributed by atoms with E-state index in [4.69, 9.17) is 4.42 Å². The second-order valence-electron chi connectivity index (χ2n) is 13.6. The number of nitrogens with zero attached hydrogens (tertiary/aromatic N) is 1. The van der Waals surface area contributed by atoms with Crippen LogP contribution in [0.15, 0.2) is 192 Å².